The number of guanidine groups is 1. The van der Waals surface area contributed by atoms with Gasteiger partial charge in [0, 0.05) is 51.9 Å². The molecule has 2 rings (SSSR count). The monoisotopic (exact) mass is 280 g/mol. The molecule has 0 bridgehead atoms. The molecule has 5 nitrogen and oxygen atoms in total. The van der Waals surface area contributed by atoms with E-state index in [0.717, 1.165) is 38.7 Å². The fourth-order valence-corrected chi connectivity index (χ4v) is 2.75. The lowest BCUT2D eigenvalue weighted by molar-refractivity contribution is 0.241. The molecule has 0 spiro atoms. The standard InChI is InChI=1S/C15H28N4O/c1-3-16-15(17-10-13(2)12-20)19-9-6-14(11-19)18-7-4-5-8-18/h4-5,13-14,20H,3,6-12H2,1-2H3,(H,16,17). The summed E-state index contributed by atoms with van der Waals surface area (Å²) in [7, 11) is 0. The summed E-state index contributed by atoms with van der Waals surface area (Å²) in [6.45, 7) is 10.2. The maximum absolute atomic E-state index is 9.11. The number of hydrogen-bond acceptors (Lipinski definition) is 3. The highest BCUT2D eigenvalue weighted by Crippen LogP contribution is 2.18. The Labute approximate surface area is 122 Å². The van der Waals surface area contributed by atoms with Crippen molar-refractivity contribution in [2.24, 2.45) is 10.9 Å². The molecule has 2 N–H and O–H groups in total. The summed E-state index contributed by atoms with van der Waals surface area (Å²) < 4.78 is 0. The number of likely N-dealkylation sites (tertiary alicyclic amines) is 1. The second kappa shape index (κ2) is 7.64. The van der Waals surface area contributed by atoms with E-state index in [0.29, 0.717) is 12.6 Å². The van der Waals surface area contributed by atoms with Gasteiger partial charge in [-0.15, -0.1) is 0 Å². The van der Waals surface area contributed by atoms with Crippen molar-refractivity contribution in [2.45, 2.75) is 26.3 Å². The van der Waals surface area contributed by atoms with Gasteiger partial charge in [0.25, 0.3) is 0 Å². The van der Waals surface area contributed by atoms with Crippen LogP contribution in [0.3, 0.4) is 0 Å². The molecular weight excluding hydrogens is 252 g/mol. The molecule has 0 aromatic carbocycles. The average molecular weight is 280 g/mol. The van der Waals surface area contributed by atoms with Gasteiger partial charge in [0.2, 0.25) is 0 Å². The molecule has 0 aliphatic carbocycles. The van der Waals surface area contributed by atoms with Gasteiger partial charge in [0.15, 0.2) is 5.96 Å². The lowest BCUT2D eigenvalue weighted by Crippen LogP contribution is -2.43. The normalized spacial score (nSPS) is 25.4. The predicted octanol–water partition coefficient (Wildman–Crippen LogP) is 0.526. The molecule has 1 saturated heterocycles. The Bertz CT molecular complexity index is 348. The van der Waals surface area contributed by atoms with E-state index in [1.807, 2.05) is 6.92 Å². The maximum Gasteiger partial charge on any atom is 0.193 e. The van der Waals surface area contributed by atoms with E-state index in [2.05, 4.69) is 39.2 Å². The van der Waals surface area contributed by atoms with Crippen molar-refractivity contribution in [3.63, 3.8) is 0 Å². The van der Waals surface area contributed by atoms with Crippen molar-refractivity contribution >= 4 is 5.96 Å². The van der Waals surface area contributed by atoms with E-state index in [1.54, 1.807) is 0 Å². The van der Waals surface area contributed by atoms with Crippen LogP contribution in [0.25, 0.3) is 0 Å². The van der Waals surface area contributed by atoms with Crippen molar-refractivity contribution < 1.29 is 5.11 Å². The highest BCUT2D eigenvalue weighted by molar-refractivity contribution is 5.80. The van der Waals surface area contributed by atoms with Gasteiger partial charge in [-0.2, -0.15) is 0 Å². The first-order valence-electron chi connectivity index (χ1n) is 7.77. The molecule has 2 aliphatic rings. The summed E-state index contributed by atoms with van der Waals surface area (Å²) in [5, 5.41) is 12.5. The molecule has 0 saturated carbocycles. The third-order valence-corrected chi connectivity index (χ3v) is 4.03. The van der Waals surface area contributed by atoms with E-state index in [-0.39, 0.29) is 12.5 Å². The minimum absolute atomic E-state index is 0.199. The fourth-order valence-electron chi connectivity index (χ4n) is 2.75. The molecular formula is C15H28N4O. The van der Waals surface area contributed by atoms with Crippen molar-refractivity contribution in [1.29, 1.82) is 0 Å². The van der Waals surface area contributed by atoms with Gasteiger partial charge in [0.1, 0.15) is 0 Å². The number of aliphatic imine (C=N–C) groups is 1. The lowest BCUT2D eigenvalue weighted by Gasteiger charge is -2.25. The van der Waals surface area contributed by atoms with Crippen LogP contribution in [0, 0.1) is 5.92 Å². The van der Waals surface area contributed by atoms with E-state index >= 15 is 0 Å². The van der Waals surface area contributed by atoms with Crippen LogP contribution >= 0.6 is 0 Å². The molecule has 2 atom stereocenters. The minimum Gasteiger partial charge on any atom is -0.396 e. The van der Waals surface area contributed by atoms with Crippen LogP contribution in [0.4, 0.5) is 0 Å². The SMILES string of the molecule is CCNC(=NCC(C)CO)N1CCC(N2CC=CC2)C1. The van der Waals surface area contributed by atoms with Gasteiger partial charge in [-0.1, -0.05) is 19.1 Å². The Morgan fingerprint density at radius 2 is 2.20 bits per heavy atom. The molecule has 0 aromatic rings. The second-order valence-corrected chi connectivity index (χ2v) is 5.80. The van der Waals surface area contributed by atoms with Gasteiger partial charge in [-0.3, -0.25) is 9.89 Å². The third kappa shape index (κ3) is 3.96. The first kappa shape index (κ1) is 15.3. The van der Waals surface area contributed by atoms with E-state index in [4.69, 9.17) is 5.11 Å². The molecule has 5 heteroatoms. The van der Waals surface area contributed by atoms with Gasteiger partial charge in [-0.25, -0.2) is 0 Å². The molecule has 2 aliphatic heterocycles. The van der Waals surface area contributed by atoms with Gasteiger partial charge >= 0.3 is 0 Å². The number of nitrogens with one attached hydrogen (secondary N) is 1. The summed E-state index contributed by atoms with van der Waals surface area (Å²) in [6.07, 6.45) is 5.72. The van der Waals surface area contributed by atoms with E-state index in [9.17, 15) is 0 Å². The number of nitrogens with zero attached hydrogens (tertiary/aromatic N) is 3. The quantitative estimate of drug-likeness (QED) is 0.438. The van der Waals surface area contributed by atoms with Crippen molar-refractivity contribution in [2.75, 3.05) is 45.9 Å². The molecule has 0 radical (unpaired) electrons. The van der Waals surface area contributed by atoms with Crippen molar-refractivity contribution in [3.05, 3.63) is 12.2 Å². The van der Waals surface area contributed by atoms with Gasteiger partial charge < -0.3 is 15.3 Å². The summed E-state index contributed by atoms with van der Waals surface area (Å²) in [5.74, 6) is 1.23. The number of rotatable bonds is 5. The van der Waals surface area contributed by atoms with Gasteiger partial charge in [0.05, 0.1) is 0 Å². The topological polar surface area (TPSA) is 51.1 Å². The van der Waals surface area contributed by atoms with Gasteiger partial charge in [-0.05, 0) is 19.3 Å². The Morgan fingerprint density at radius 3 is 2.85 bits per heavy atom. The summed E-state index contributed by atoms with van der Waals surface area (Å²) in [4.78, 5) is 9.55. The Kier molecular flexibility index (Phi) is 5.86. The number of aliphatic hydroxyl groups excluding tert-OH is 1. The third-order valence-electron chi connectivity index (χ3n) is 4.03. The van der Waals surface area contributed by atoms with E-state index < -0.39 is 0 Å². The van der Waals surface area contributed by atoms with Crippen LogP contribution in [0.1, 0.15) is 20.3 Å². The molecule has 114 valence electrons. The largest absolute Gasteiger partial charge is 0.396 e. The Balaban J connectivity index is 1.89. The van der Waals surface area contributed by atoms with Crippen molar-refractivity contribution in [1.82, 2.24) is 15.1 Å². The number of aliphatic hydroxyl groups is 1. The molecule has 0 aromatic heterocycles. The Hall–Kier alpha value is -1.07. The molecule has 1 fully saturated rings. The molecule has 2 heterocycles. The van der Waals surface area contributed by atoms with E-state index in [1.165, 1.54) is 6.42 Å². The first-order chi connectivity index (χ1) is 9.74. The highest BCUT2D eigenvalue weighted by Gasteiger charge is 2.29. The van der Waals surface area contributed by atoms with Crippen molar-refractivity contribution in [3.8, 4) is 0 Å². The fraction of sp³-hybridized carbons (Fsp3) is 0.800. The zero-order valence-corrected chi connectivity index (χ0v) is 12.8. The summed E-state index contributed by atoms with van der Waals surface area (Å²) in [6, 6.07) is 0.643. The molecule has 20 heavy (non-hydrogen) atoms. The van der Waals surface area contributed by atoms with Crippen LogP contribution in [-0.4, -0.2) is 72.8 Å². The zero-order valence-electron chi connectivity index (χ0n) is 12.8. The second-order valence-electron chi connectivity index (χ2n) is 5.80. The van der Waals surface area contributed by atoms with Crippen LogP contribution in [0.5, 0.6) is 0 Å². The maximum atomic E-state index is 9.11. The van der Waals surface area contributed by atoms with Crippen LogP contribution < -0.4 is 5.32 Å². The zero-order chi connectivity index (χ0) is 14.4. The molecule has 0 amide bonds. The lowest BCUT2D eigenvalue weighted by atomic mass is 10.2. The van der Waals surface area contributed by atoms with Crippen LogP contribution in [0.2, 0.25) is 0 Å². The van der Waals surface area contributed by atoms with Crippen LogP contribution in [-0.2, 0) is 0 Å². The summed E-state index contributed by atoms with van der Waals surface area (Å²) in [5.41, 5.74) is 0. The average Bonchev–Trinajstić information content (AvgIpc) is 3.12. The predicted molar refractivity (Wildman–Crippen MR) is 82.9 cm³/mol. The number of hydrogen-bond donors (Lipinski definition) is 2. The highest BCUT2D eigenvalue weighted by atomic mass is 16.3. The first-order valence-corrected chi connectivity index (χ1v) is 7.77. The smallest absolute Gasteiger partial charge is 0.193 e. The van der Waals surface area contributed by atoms with Crippen LogP contribution in [0.15, 0.2) is 17.1 Å². The molecule has 2 unspecified atom stereocenters. The minimum atomic E-state index is 0.199. The Morgan fingerprint density at radius 1 is 1.45 bits per heavy atom. The summed E-state index contributed by atoms with van der Waals surface area (Å²) >= 11 is 0.